The molecule has 0 amide bonds. The Bertz CT molecular complexity index is 1010. The van der Waals surface area contributed by atoms with Gasteiger partial charge in [-0.2, -0.15) is 0 Å². The lowest BCUT2D eigenvalue weighted by molar-refractivity contribution is 0.134. The van der Waals surface area contributed by atoms with Gasteiger partial charge in [-0.3, -0.25) is 10.2 Å². The number of halogens is 1. The number of aromatic nitrogens is 1. The molecule has 8 heteroatoms. The van der Waals surface area contributed by atoms with Crippen LogP contribution in [-0.2, 0) is 19.6 Å². The van der Waals surface area contributed by atoms with Crippen molar-refractivity contribution in [3.05, 3.63) is 74.7 Å². The molecule has 1 unspecified atom stereocenters. The summed E-state index contributed by atoms with van der Waals surface area (Å²) < 4.78 is 11.0. The second kappa shape index (κ2) is 11.1. The number of ether oxygens (including phenoxy) is 2. The fourth-order valence-electron chi connectivity index (χ4n) is 3.55. The van der Waals surface area contributed by atoms with E-state index in [-0.39, 0.29) is 6.79 Å². The van der Waals surface area contributed by atoms with Crippen LogP contribution in [0.5, 0.6) is 11.5 Å². The molecule has 2 heterocycles. The molecule has 0 radical (unpaired) electrons. The van der Waals surface area contributed by atoms with Gasteiger partial charge >= 0.3 is 0 Å². The van der Waals surface area contributed by atoms with Crippen LogP contribution in [0.2, 0.25) is 5.02 Å². The fraction of sp³-hybridized carbons (Fsp3) is 0.375. The maximum atomic E-state index is 10.4. The van der Waals surface area contributed by atoms with Gasteiger partial charge in [-0.25, -0.2) is 4.98 Å². The molecule has 0 fully saturated rings. The summed E-state index contributed by atoms with van der Waals surface area (Å²) in [5.74, 6) is 1.57. The van der Waals surface area contributed by atoms with Crippen molar-refractivity contribution in [1.29, 1.82) is 0 Å². The van der Waals surface area contributed by atoms with Gasteiger partial charge in [0.25, 0.3) is 0 Å². The minimum atomic E-state index is -0.731. The first kappa shape index (κ1) is 23.0. The first-order chi connectivity index (χ1) is 15.6. The van der Waals surface area contributed by atoms with Crippen molar-refractivity contribution in [3.63, 3.8) is 0 Å². The summed E-state index contributed by atoms with van der Waals surface area (Å²) in [6.07, 6.45) is 1.38. The highest BCUT2D eigenvalue weighted by Crippen LogP contribution is 2.33. The minimum absolute atomic E-state index is 0.268. The molecule has 0 saturated carbocycles. The average Bonchev–Trinajstić information content (AvgIpc) is 3.44. The second-order valence-electron chi connectivity index (χ2n) is 7.84. The molecule has 0 aliphatic carbocycles. The van der Waals surface area contributed by atoms with Gasteiger partial charge in [0.05, 0.1) is 12.2 Å². The molecule has 0 bridgehead atoms. The van der Waals surface area contributed by atoms with E-state index in [0.29, 0.717) is 12.2 Å². The quantitative estimate of drug-likeness (QED) is 0.298. The third-order valence-electron chi connectivity index (χ3n) is 5.24. The molecule has 1 aliphatic rings. The lowest BCUT2D eigenvalue weighted by atomic mass is 10.1. The van der Waals surface area contributed by atoms with Gasteiger partial charge in [-0.15, -0.1) is 11.3 Å². The third-order valence-corrected chi connectivity index (χ3v) is 6.34. The number of benzene rings is 2. The summed E-state index contributed by atoms with van der Waals surface area (Å²) in [6, 6.07) is 14.0. The molecule has 1 aliphatic heterocycles. The van der Waals surface area contributed by atoms with E-state index < -0.39 is 6.23 Å². The predicted molar refractivity (Wildman–Crippen MR) is 127 cm³/mol. The summed E-state index contributed by atoms with van der Waals surface area (Å²) in [5.41, 5.74) is 2.99. The van der Waals surface area contributed by atoms with E-state index in [9.17, 15) is 5.11 Å². The molecule has 32 heavy (non-hydrogen) atoms. The van der Waals surface area contributed by atoms with E-state index >= 15 is 0 Å². The number of thiazole rings is 1. The van der Waals surface area contributed by atoms with E-state index in [1.54, 1.807) is 11.3 Å². The van der Waals surface area contributed by atoms with Crippen LogP contribution in [0.3, 0.4) is 0 Å². The number of hydrogen-bond acceptors (Lipinski definition) is 7. The standard InChI is InChI=1S/C24H28ClN3O3S/c1-2-3-10-26-24(29)20-15-32-23(27-20)14-28(12-17-4-7-19(25)8-5-17)13-18-6-9-21-22(11-18)31-16-30-21/h4-9,11,15,24,26,29H,2-3,10,12-14,16H2,1H3. The minimum Gasteiger partial charge on any atom is -0.454 e. The molecular formula is C24H28ClN3O3S. The lowest BCUT2D eigenvalue weighted by Gasteiger charge is -2.22. The number of aliphatic hydroxyl groups is 1. The van der Waals surface area contributed by atoms with Crippen molar-refractivity contribution >= 4 is 22.9 Å². The van der Waals surface area contributed by atoms with Crippen molar-refractivity contribution < 1.29 is 14.6 Å². The number of fused-ring (bicyclic) bond motifs is 1. The highest BCUT2D eigenvalue weighted by molar-refractivity contribution is 7.09. The molecular weight excluding hydrogens is 446 g/mol. The maximum Gasteiger partial charge on any atom is 0.231 e. The monoisotopic (exact) mass is 473 g/mol. The fourth-order valence-corrected chi connectivity index (χ4v) is 4.53. The first-order valence-corrected chi connectivity index (χ1v) is 12.1. The summed E-state index contributed by atoms with van der Waals surface area (Å²) >= 11 is 7.63. The second-order valence-corrected chi connectivity index (χ2v) is 9.21. The molecule has 4 rings (SSSR count). The van der Waals surface area contributed by atoms with Gasteiger partial charge < -0.3 is 14.6 Å². The van der Waals surface area contributed by atoms with Gasteiger partial charge in [0.1, 0.15) is 11.2 Å². The average molecular weight is 474 g/mol. The zero-order chi connectivity index (χ0) is 22.3. The van der Waals surface area contributed by atoms with Crippen molar-refractivity contribution in [2.75, 3.05) is 13.3 Å². The summed E-state index contributed by atoms with van der Waals surface area (Å²) in [7, 11) is 0. The largest absolute Gasteiger partial charge is 0.454 e. The maximum absolute atomic E-state index is 10.4. The Kier molecular flexibility index (Phi) is 8.00. The van der Waals surface area contributed by atoms with E-state index in [4.69, 9.17) is 21.1 Å². The van der Waals surface area contributed by atoms with Crippen LogP contribution < -0.4 is 14.8 Å². The van der Waals surface area contributed by atoms with Crippen molar-refractivity contribution in [3.8, 4) is 11.5 Å². The van der Waals surface area contributed by atoms with Gasteiger partial charge in [-0.1, -0.05) is 43.1 Å². The Morgan fingerprint density at radius 2 is 1.84 bits per heavy atom. The Labute approximate surface area is 197 Å². The van der Waals surface area contributed by atoms with E-state index in [2.05, 4.69) is 28.2 Å². The third kappa shape index (κ3) is 6.21. The van der Waals surface area contributed by atoms with Crippen molar-refractivity contribution in [2.45, 2.75) is 45.6 Å². The normalized spacial score (nSPS) is 13.6. The molecule has 2 aromatic carbocycles. The zero-order valence-corrected chi connectivity index (χ0v) is 19.7. The summed E-state index contributed by atoms with van der Waals surface area (Å²) in [6.45, 7) is 5.32. The Balaban J connectivity index is 1.47. The SMILES string of the molecule is CCCCNC(O)c1csc(CN(Cc2ccc(Cl)cc2)Cc2ccc3c(c2)OCO3)n1. The Morgan fingerprint density at radius 3 is 2.66 bits per heavy atom. The van der Waals surface area contributed by atoms with Gasteiger partial charge in [-0.05, 0) is 48.4 Å². The van der Waals surface area contributed by atoms with Crippen molar-refractivity contribution in [1.82, 2.24) is 15.2 Å². The molecule has 0 spiro atoms. The molecule has 6 nitrogen and oxygen atoms in total. The first-order valence-electron chi connectivity index (χ1n) is 10.8. The molecule has 1 aromatic heterocycles. The van der Waals surface area contributed by atoms with Crippen LogP contribution >= 0.6 is 22.9 Å². The van der Waals surface area contributed by atoms with Crippen molar-refractivity contribution in [2.24, 2.45) is 0 Å². The number of rotatable bonds is 11. The van der Waals surface area contributed by atoms with E-state index in [1.807, 2.05) is 41.8 Å². The number of aliphatic hydroxyl groups excluding tert-OH is 1. The molecule has 0 saturated heterocycles. The van der Waals surface area contributed by atoms with E-state index in [1.165, 1.54) is 5.56 Å². The lowest BCUT2D eigenvalue weighted by Crippen LogP contribution is -2.23. The Hall–Kier alpha value is -2.16. The number of nitrogens with one attached hydrogen (secondary N) is 1. The van der Waals surface area contributed by atoms with Crippen LogP contribution in [0.4, 0.5) is 0 Å². The van der Waals surface area contributed by atoms with Gasteiger partial charge in [0.15, 0.2) is 11.5 Å². The van der Waals surface area contributed by atoms with Gasteiger partial charge in [0, 0.05) is 23.5 Å². The van der Waals surface area contributed by atoms with Crippen LogP contribution in [0.15, 0.2) is 47.8 Å². The van der Waals surface area contributed by atoms with E-state index in [0.717, 1.165) is 59.6 Å². The number of nitrogens with zero attached hydrogens (tertiary/aromatic N) is 2. The molecule has 170 valence electrons. The van der Waals surface area contributed by atoms with Crippen LogP contribution in [0.25, 0.3) is 0 Å². The van der Waals surface area contributed by atoms with Crippen LogP contribution in [0, 0.1) is 0 Å². The Morgan fingerprint density at radius 1 is 1.09 bits per heavy atom. The summed E-state index contributed by atoms with van der Waals surface area (Å²) in [4.78, 5) is 7.00. The number of hydrogen-bond donors (Lipinski definition) is 2. The number of unbranched alkanes of at least 4 members (excludes halogenated alkanes) is 1. The van der Waals surface area contributed by atoms with Crippen LogP contribution in [0.1, 0.15) is 47.8 Å². The highest BCUT2D eigenvalue weighted by atomic mass is 35.5. The topological polar surface area (TPSA) is 66.9 Å². The molecule has 2 N–H and O–H groups in total. The molecule has 1 atom stereocenters. The predicted octanol–water partition coefficient (Wildman–Crippen LogP) is 5.11. The van der Waals surface area contributed by atoms with Crippen LogP contribution in [-0.4, -0.2) is 28.3 Å². The van der Waals surface area contributed by atoms with Gasteiger partial charge in [0.2, 0.25) is 6.79 Å². The zero-order valence-electron chi connectivity index (χ0n) is 18.1. The smallest absolute Gasteiger partial charge is 0.231 e. The highest BCUT2D eigenvalue weighted by Gasteiger charge is 2.17. The summed E-state index contributed by atoms with van der Waals surface area (Å²) in [5, 5.41) is 17.1. The molecule has 3 aromatic rings.